The van der Waals surface area contributed by atoms with E-state index in [1.54, 1.807) is 0 Å². The molecule has 0 aliphatic carbocycles. The predicted octanol–water partition coefficient (Wildman–Crippen LogP) is 2.74. The Kier molecular flexibility index (Phi) is 3.97. The summed E-state index contributed by atoms with van der Waals surface area (Å²) in [6, 6.07) is 12.4. The molecule has 2 heterocycles. The third-order valence-electron chi connectivity index (χ3n) is 3.88. The molecule has 0 bridgehead atoms. The van der Waals surface area contributed by atoms with E-state index < -0.39 is 0 Å². The Morgan fingerprint density at radius 3 is 2.62 bits per heavy atom. The number of nitrogens with zero attached hydrogens (tertiary/aromatic N) is 3. The molecule has 0 radical (unpaired) electrons. The van der Waals surface area contributed by atoms with Gasteiger partial charge in [-0.2, -0.15) is 0 Å². The van der Waals surface area contributed by atoms with Gasteiger partial charge in [0.05, 0.1) is 11.0 Å². The molecule has 1 unspecified atom stereocenters. The van der Waals surface area contributed by atoms with Crippen molar-refractivity contribution in [2.45, 2.75) is 25.8 Å². The molecule has 1 atom stereocenters. The normalized spacial score (nSPS) is 12.7. The fraction of sp³-hybridized carbons (Fsp3) is 0.294. The Morgan fingerprint density at radius 1 is 1.14 bits per heavy atom. The van der Waals surface area contributed by atoms with Gasteiger partial charge in [0.2, 0.25) is 0 Å². The van der Waals surface area contributed by atoms with Gasteiger partial charge >= 0.3 is 0 Å². The molecular weight excluding hydrogens is 260 g/mol. The number of benzene rings is 1. The number of aryl methyl sites for hydroxylation is 1. The Hall–Kier alpha value is -2.20. The second-order valence-corrected chi connectivity index (χ2v) is 5.20. The topological polar surface area (TPSA) is 56.7 Å². The smallest absolute Gasteiger partial charge is 0.114 e. The zero-order valence-corrected chi connectivity index (χ0v) is 12.2. The van der Waals surface area contributed by atoms with Gasteiger partial charge in [-0.25, -0.2) is 4.98 Å². The molecule has 0 fully saturated rings. The summed E-state index contributed by atoms with van der Waals surface area (Å²) in [5.41, 5.74) is 9.50. The number of pyridine rings is 1. The summed E-state index contributed by atoms with van der Waals surface area (Å²) in [5, 5.41) is 0. The lowest BCUT2D eigenvalue weighted by atomic mass is 9.99. The quantitative estimate of drug-likeness (QED) is 0.782. The van der Waals surface area contributed by atoms with Crippen molar-refractivity contribution in [1.82, 2.24) is 14.5 Å². The van der Waals surface area contributed by atoms with E-state index in [2.05, 4.69) is 34.7 Å². The van der Waals surface area contributed by atoms with Gasteiger partial charge in [0.1, 0.15) is 5.82 Å². The van der Waals surface area contributed by atoms with E-state index >= 15 is 0 Å². The minimum atomic E-state index is 0.222. The summed E-state index contributed by atoms with van der Waals surface area (Å²) < 4.78 is 2.27. The number of aromatic nitrogens is 3. The van der Waals surface area contributed by atoms with Gasteiger partial charge in [-0.1, -0.05) is 12.1 Å². The maximum atomic E-state index is 6.03. The van der Waals surface area contributed by atoms with Crippen molar-refractivity contribution < 1.29 is 0 Å². The van der Waals surface area contributed by atoms with Crippen molar-refractivity contribution in [2.24, 2.45) is 5.73 Å². The number of nitrogens with two attached hydrogens (primary N) is 1. The molecule has 0 aliphatic heterocycles. The highest BCUT2D eigenvalue weighted by molar-refractivity contribution is 5.76. The highest BCUT2D eigenvalue weighted by atomic mass is 15.1. The molecule has 2 N–H and O–H groups in total. The molecule has 2 aromatic heterocycles. The largest absolute Gasteiger partial charge is 0.330 e. The molecule has 0 amide bonds. The minimum absolute atomic E-state index is 0.222. The van der Waals surface area contributed by atoms with Crippen molar-refractivity contribution in [1.29, 1.82) is 0 Å². The molecule has 3 rings (SSSR count). The fourth-order valence-corrected chi connectivity index (χ4v) is 2.82. The van der Waals surface area contributed by atoms with Crippen LogP contribution in [0.15, 0.2) is 48.8 Å². The predicted molar refractivity (Wildman–Crippen MR) is 85.1 cm³/mol. The van der Waals surface area contributed by atoms with Crippen LogP contribution in [0, 0.1) is 0 Å². The van der Waals surface area contributed by atoms with Crippen LogP contribution in [0.25, 0.3) is 11.0 Å². The van der Waals surface area contributed by atoms with Gasteiger partial charge in [-0.15, -0.1) is 0 Å². The van der Waals surface area contributed by atoms with Crippen molar-refractivity contribution in [3.63, 3.8) is 0 Å². The second kappa shape index (κ2) is 6.06. The lowest BCUT2D eigenvalue weighted by molar-refractivity contribution is 0.597. The van der Waals surface area contributed by atoms with Crippen LogP contribution in [-0.4, -0.2) is 21.1 Å². The van der Waals surface area contributed by atoms with Crippen LogP contribution in [0.1, 0.15) is 24.2 Å². The monoisotopic (exact) mass is 280 g/mol. The number of hydrogen-bond acceptors (Lipinski definition) is 3. The Bertz CT molecular complexity index is 718. The standard InChI is InChI=1S/C17H20N4/c1-2-21-16-6-4-3-5-15(16)20-17(21)14(12-18)11-13-7-9-19-10-8-13/h3-10,14H,2,11-12,18H2,1H3. The highest BCUT2D eigenvalue weighted by Gasteiger charge is 2.18. The molecule has 108 valence electrons. The maximum absolute atomic E-state index is 6.03. The first-order chi connectivity index (χ1) is 10.3. The van der Waals surface area contributed by atoms with Crippen LogP contribution < -0.4 is 5.73 Å². The molecule has 0 saturated heterocycles. The average Bonchev–Trinajstić information content (AvgIpc) is 2.92. The van der Waals surface area contributed by atoms with Crippen LogP contribution in [0.4, 0.5) is 0 Å². The van der Waals surface area contributed by atoms with E-state index in [-0.39, 0.29) is 5.92 Å². The number of imidazole rings is 1. The Morgan fingerprint density at radius 2 is 1.90 bits per heavy atom. The van der Waals surface area contributed by atoms with Crippen LogP contribution in [0.5, 0.6) is 0 Å². The molecule has 4 heteroatoms. The van der Waals surface area contributed by atoms with Gasteiger partial charge in [0.25, 0.3) is 0 Å². The average molecular weight is 280 g/mol. The van der Waals surface area contributed by atoms with E-state index in [0.29, 0.717) is 6.54 Å². The third-order valence-corrected chi connectivity index (χ3v) is 3.88. The van der Waals surface area contributed by atoms with Crippen molar-refractivity contribution >= 4 is 11.0 Å². The van der Waals surface area contributed by atoms with Gasteiger partial charge in [0.15, 0.2) is 0 Å². The lowest BCUT2D eigenvalue weighted by Gasteiger charge is -2.16. The Balaban J connectivity index is 2.00. The van der Waals surface area contributed by atoms with E-state index in [1.165, 1.54) is 11.1 Å². The summed E-state index contributed by atoms with van der Waals surface area (Å²) in [7, 11) is 0. The summed E-state index contributed by atoms with van der Waals surface area (Å²) in [4.78, 5) is 8.89. The third kappa shape index (κ3) is 2.67. The van der Waals surface area contributed by atoms with Gasteiger partial charge in [-0.05, 0) is 43.2 Å². The summed E-state index contributed by atoms with van der Waals surface area (Å²) in [5.74, 6) is 1.30. The molecule has 0 saturated carbocycles. The molecular formula is C17H20N4. The van der Waals surface area contributed by atoms with Crippen molar-refractivity contribution in [3.05, 3.63) is 60.2 Å². The number of rotatable bonds is 5. The van der Waals surface area contributed by atoms with Crippen molar-refractivity contribution in [3.8, 4) is 0 Å². The maximum Gasteiger partial charge on any atom is 0.114 e. The molecule has 4 nitrogen and oxygen atoms in total. The van der Waals surface area contributed by atoms with Crippen LogP contribution >= 0.6 is 0 Å². The van der Waals surface area contributed by atoms with Gasteiger partial charge < -0.3 is 10.3 Å². The summed E-state index contributed by atoms with van der Waals surface area (Å²) >= 11 is 0. The second-order valence-electron chi connectivity index (χ2n) is 5.20. The van der Waals surface area contributed by atoms with E-state index in [1.807, 2.05) is 30.6 Å². The number of fused-ring (bicyclic) bond motifs is 1. The minimum Gasteiger partial charge on any atom is -0.330 e. The van der Waals surface area contributed by atoms with E-state index in [0.717, 1.165) is 24.3 Å². The molecule has 0 aliphatic rings. The van der Waals surface area contributed by atoms with Crippen molar-refractivity contribution in [2.75, 3.05) is 6.54 Å². The molecule has 3 aromatic rings. The highest BCUT2D eigenvalue weighted by Crippen LogP contribution is 2.24. The fourth-order valence-electron chi connectivity index (χ4n) is 2.82. The first kappa shape index (κ1) is 13.8. The van der Waals surface area contributed by atoms with Crippen LogP contribution in [0.3, 0.4) is 0 Å². The Labute approximate surface area is 124 Å². The first-order valence-corrected chi connectivity index (χ1v) is 7.37. The van der Waals surface area contributed by atoms with E-state index in [4.69, 9.17) is 10.7 Å². The van der Waals surface area contributed by atoms with Crippen LogP contribution in [0.2, 0.25) is 0 Å². The van der Waals surface area contributed by atoms with Crippen LogP contribution in [-0.2, 0) is 13.0 Å². The van der Waals surface area contributed by atoms with E-state index in [9.17, 15) is 0 Å². The SMILES string of the molecule is CCn1c(C(CN)Cc2ccncc2)nc2ccccc21. The van der Waals surface area contributed by atoms with Gasteiger partial charge in [-0.3, -0.25) is 4.98 Å². The zero-order valence-electron chi connectivity index (χ0n) is 12.2. The number of para-hydroxylation sites is 2. The summed E-state index contributed by atoms with van der Waals surface area (Å²) in [6.07, 6.45) is 4.54. The lowest BCUT2D eigenvalue weighted by Crippen LogP contribution is -2.19. The molecule has 21 heavy (non-hydrogen) atoms. The summed E-state index contributed by atoms with van der Waals surface area (Å²) in [6.45, 7) is 3.64. The molecule has 0 spiro atoms. The number of hydrogen-bond donors (Lipinski definition) is 1. The molecule has 1 aromatic carbocycles. The first-order valence-electron chi connectivity index (χ1n) is 7.37. The van der Waals surface area contributed by atoms with Gasteiger partial charge in [0, 0.05) is 31.4 Å². The zero-order chi connectivity index (χ0) is 14.7.